The topological polar surface area (TPSA) is 32.3 Å². The highest BCUT2D eigenvalue weighted by molar-refractivity contribution is 6.30. The Hall–Kier alpha value is -1.49. The molecule has 0 aliphatic rings. The molecule has 2 rings (SSSR count). The highest BCUT2D eigenvalue weighted by Crippen LogP contribution is 2.32. The van der Waals surface area contributed by atoms with Crippen molar-refractivity contribution in [2.75, 3.05) is 6.54 Å². The molecular weight excluding hydrogens is 308 g/mol. The Labute approximate surface area is 133 Å². The van der Waals surface area contributed by atoms with E-state index in [1.807, 2.05) is 12.1 Å². The van der Waals surface area contributed by atoms with Crippen molar-refractivity contribution in [2.45, 2.75) is 25.0 Å². The molecule has 0 amide bonds. The Kier molecular flexibility index (Phi) is 5.89. The molecule has 2 aromatic carbocycles. The average molecular weight is 326 g/mol. The number of rotatable bonds is 7. The molecule has 1 atom stereocenters. The molecule has 0 saturated heterocycles. The minimum atomic E-state index is -3.04. The van der Waals surface area contributed by atoms with E-state index in [2.05, 4.69) is 5.32 Å². The van der Waals surface area contributed by atoms with Crippen LogP contribution in [0.4, 0.5) is 8.78 Å². The highest BCUT2D eigenvalue weighted by atomic mass is 35.5. The van der Waals surface area contributed by atoms with Gasteiger partial charge in [0.25, 0.3) is 5.92 Å². The van der Waals surface area contributed by atoms with E-state index in [4.69, 9.17) is 11.6 Å². The third-order valence-corrected chi connectivity index (χ3v) is 3.52. The second kappa shape index (κ2) is 7.68. The predicted molar refractivity (Wildman–Crippen MR) is 84.1 cm³/mol. The van der Waals surface area contributed by atoms with Crippen LogP contribution in [-0.4, -0.2) is 17.8 Å². The Morgan fingerprint density at radius 3 is 2.50 bits per heavy atom. The Morgan fingerprint density at radius 2 is 1.82 bits per heavy atom. The number of benzene rings is 2. The van der Waals surface area contributed by atoms with Crippen LogP contribution in [-0.2, 0) is 12.5 Å². The van der Waals surface area contributed by atoms with Gasteiger partial charge in [0.2, 0.25) is 0 Å². The molecule has 2 N–H and O–H groups in total. The van der Waals surface area contributed by atoms with Crippen LogP contribution in [0.15, 0.2) is 54.6 Å². The van der Waals surface area contributed by atoms with Crippen molar-refractivity contribution in [3.8, 4) is 0 Å². The lowest BCUT2D eigenvalue weighted by Gasteiger charge is -2.20. The molecule has 0 fully saturated rings. The molecule has 0 bridgehead atoms. The summed E-state index contributed by atoms with van der Waals surface area (Å²) in [7, 11) is 0. The summed E-state index contributed by atoms with van der Waals surface area (Å²) in [6.07, 6.45) is -1.74. The van der Waals surface area contributed by atoms with Crippen LogP contribution in [0.25, 0.3) is 0 Å². The maximum atomic E-state index is 14.0. The molecule has 0 heterocycles. The Balaban J connectivity index is 1.81. The fourth-order valence-electron chi connectivity index (χ4n) is 2.20. The van der Waals surface area contributed by atoms with Gasteiger partial charge < -0.3 is 10.4 Å². The van der Waals surface area contributed by atoms with Gasteiger partial charge in [0, 0.05) is 30.1 Å². The molecule has 22 heavy (non-hydrogen) atoms. The van der Waals surface area contributed by atoms with Crippen LogP contribution >= 0.6 is 11.6 Å². The largest absolute Gasteiger partial charge is 0.392 e. The first-order chi connectivity index (χ1) is 10.5. The zero-order valence-corrected chi connectivity index (χ0v) is 12.7. The molecule has 0 aromatic heterocycles. The summed E-state index contributed by atoms with van der Waals surface area (Å²) in [5.74, 6) is -3.04. The van der Waals surface area contributed by atoms with Gasteiger partial charge in [-0.15, -0.1) is 0 Å². The van der Waals surface area contributed by atoms with Crippen LogP contribution in [0.1, 0.15) is 17.5 Å². The number of hydrogen-bond donors (Lipinski definition) is 2. The number of aliphatic hydroxyl groups excluding tert-OH is 1. The zero-order valence-electron chi connectivity index (χ0n) is 12.0. The molecule has 118 valence electrons. The summed E-state index contributed by atoms with van der Waals surface area (Å²) in [6, 6.07) is 14.8. The lowest BCUT2D eigenvalue weighted by atomic mass is 10.0. The lowest BCUT2D eigenvalue weighted by Crippen LogP contribution is -2.31. The van der Waals surface area contributed by atoms with E-state index < -0.39 is 18.4 Å². The first kappa shape index (κ1) is 16.9. The Bertz CT molecular complexity index is 592. The van der Waals surface area contributed by atoms with Crippen LogP contribution in [0, 0.1) is 0 Å². The summed E-state index contributed by atoms with van der Waals surface area (Å²) in [4.78, 5) is 0. The molecular formula is C17H18ClF2NO. The van der Waals surface area contributed by atoms with Crippen molar-refractivity contribution in [1.82, 2.24) is 5.32 Å². The number of hydrogen-bond acceptors (Lipinski definition) is 2. The molecule has 2 aromatic rings. The van der Waals surface area contributed by atoms with Gasteiger partial charge in [-0.1, -0.05) is 54.1 Å². The smallest absolute Gasteiger partial charge is 0.275 e. The third-order valence-electron chi connectivity index (χ3n) is 3.29. The van der Waals surface area contributed by atoms with Crippen LogP contribution in [0.2, 0.25) is 5.02 Å². The highest BCUT2D eigenvalue weighted by Gasteiger charge is 2.33. The van der Waals surface area contributed by atoms with E-state index in [1.165, 1.54) is 12.1 Å². The summed E-state index contributed by atoms with van der Waals surface area (Å²) in [5.41, 5.74) is 0.860. The second-order valence-corrected chi connectivity index (χ2v) is 5.63. The van der Waals surface area contributed by atoms with Gasteiger partial charge in [-0.3, -0.25) is 0 Å². The number of nitrogens with one attached hydrogen (secondary N) is 1. The lowest BCUT2D eigenvalue weighted by molar-refractivity contribution is -0.0493. The molecule has 0 saturated carbocycles. The summed E-state index contributed by atoms with van der Waals surface area (Å²) in [5, 5.41) is 13.4. The number of halogens is 3. The fourth-order valence-corrected chi connectivity index (χ4v) is 2.41. The van der Waals surface area contributed by atoms with Gasteiger partial charge in [-0.05, 0) is 17.7 Å². The van der Waals surface area contributed by atoms with E-state index in [1.54, 1.807) is 30.3 Å². The van der Waals surface area contributed by atoms with Crippen molar-refractivity contribution >= 4 is 11.6 Å². The number of alkyl halides is 2. The van der Waals surface area contributed by atoms with Crippen molar-refractivity contribution in [3.63, 3.8) is 0 Å². The van der Waals surface area contributed by atoms with E-state index >= 15 is 0 Å². The molecule has 0 radical (unpaired) electrons. The van der Waals surface area contributed by atoms with Crippen LogP contribution in [0.5, 0.6) is 0 Å². The van der Waals surface area contributed by atoms with Crippen LogP contribution in [0.3, 0.4) is 0 Å². The molecule has 2 nitrogen and oxygen atoms in total. The first-order valence-corrected chi connectivity index (χ1v) is 7.42. The van der Waals surface area contributed by atoms with E-state index in [0.29, 0.717) is 11.6 Å². The molecule has 0 aliphatic heterocycles. The standard InChI is InChI=1S/C17H18ClF2NO/c18-15-8-4-5-13(9-15)11-21-12-16(22)10-17(19,20)14-6-2-1-3-7-14/h1-9,16,21-22H,10-12H2. The Morgan fingerprint density at radius 1 is 1.09 bits per heavy atom. The van der Waals surface area contributed by atoms with Crippen molar-refractivity contribution in [2.24, 2.45) is 0 Å². The maximum absolute atomic E-state index is 14.0. The van der Waals surface area contributed by atoms with Crippen molar-refractivity contribution in [1.29, 1.82) is 0 Å². The molecule has 0 spiro atoms. The third kappa shape index (κ3) is 5.05. The monoisotopic (exact) mass is 325 g/mol. The van der Waals surface area contributed by atoms with Gasteiger partial charge in [0.1, 0.15) is 0 Å². The van der Waals surface area contributed by atoms with E-state index in [0.717, 1.165) is 5.56 Å². The normalized spacial score (nSPS) is 13.1. The van der Waals surface area contributed by atoms with Gasteiger partial charge >= 0.3 is 0 Å². The van der Waals surface area contributed by atoms with E-state index in [-0.39, 0.29) is 12.1 Å². The van der Waals surface area contributed by atoms with E-state index in [9.17, 15) is 13.9 Å². The summed E-state index contributed by atoms with van der Waals surface area (Å²) >= 11 is 5.86. The maximum Gasteiger partial charge on any atom is 0.275 e. The zero-order chi connectivity index (χ0) is 16.0. The number of aliphatic hydroxyl groups is 1. The first-order valence-electron chi connectivity index (χ1n) is 7.04. The minimum Gasteiger partial charge on any atom is -0.392 e. The molecule has 1 unspecified atom stereocenters. The summed E-state index contributed by atoms with van der Waals surface area (Å²) < 4.78 is 28.0. The summed E-state index contributed by atoms with van der Waals surface area (Å²) in [6.45, 7) is 0.559. The van der Waals surface area contributed by atoms with Crippen molar-refractivity contribution < 1.29 is 13.9 Å². The van der Waals surface area contributed by atoms with Crippen LogP contribution < -0.4 is 5.32 Å². The predicted octanol–water partition coefficient (Wildman–Crippen LogP) is 3.97. The fraction of sp³-hybridized carbons (Fsp3) is 0.294. The van der Waals surface area contributed by atoms with Gasteiger partial charge in [-0.2, -0.15) is 0 Å². The van der Waals surface area contributed by atoms with Gasteiger partial charge in [-0.25, -0.2) is 8.78 Å². The average Bonchev–Trinajstić information content (AvgIpc) is 2.48. The SMILES string of the molecule is OC(CNCc1cccc(Cl)c1)CC(F)(F)c1ccccc1. The molecule has 0 aliphatic carbocycles. The quantitative estimate of drug-likeness (QED) is 0.807. The minimum absolute atomic E-state index is 0.0797. The molecule has 5 heteroatoms. The second-order valence-electron chi connectivity index (χ2n) is 5.19. The van der Waals surface area contributed by atoms with Gasteiger partial charge in [0.15, 0.2) is 0 Å². The van der Waals surface area contributed by atoms with Crippen molar-refractivity contribution in [3.05, 3.63) is 70.7 Å². The van der Waals surface area contributed by atoms with Gasteiger partial charge in [0.05, 0.1) is 6.10 Å².